The van der Waals surface area contributed by atoms with Gasteiger partial charge in [-0.3, -0.25) is 0 Å². The smallest absolute Gasteiger partial charge is 0.115 e. The molecule has 0 radical (unpaired) electrons. The maximum Gasteiger partial charge on any atom is 0.115 e. The Kier molecular flexibility index (Phi) is 5.09. The molecule has 13 heavy (non-hydrogen) atoms. The summed E-state index contributed by atoms with van der Waals surface area (Å²) >= 11 is 10.5. The molecule has 0 spiro atoms. The fourth-order valence-corrected chi connectivity index (χ4v) is 2.32. The van der Waals surface area contributed by atoms with E-state index < -0.39 is 0 Å². The molecule has 1 aromatic rings. The second-order valence-electron chi connectivity index (χ2n) is 2.41. The van der Waals surface area contributed by atoms with Crippen molar-refractivity contribution in [2.45, 2.75) is 11.1 Å². The van der Waals surface area contributed by atoms with Crippen molar-refractivity contribution in [1.29, 1.82) is 0 Å². The van der Waals surface area contributed by atoms with E-state index in [1.807, 2.05) is 0 Å². The second-order valence-corrected chi connectivity index (χ2v) is 4.47. The number of hydrogen-bond acceptors (Lipinski definition) is 3. The van der Waals surface area contributed by atoms with Crippen LogP contribution in [0, 0.1) is 0 Å². The normalized spacial score (nSPS) is 12.8. The Morgan fingerprint density at radius 3 is 3.08 bits per heavy atom. The summed E-state index contributed by atoms with van der Waals surface area (Å²) in [6.07, 6.45) is 1.33. The van der Waals surface area contributed by atoms with E-state index in [1.54, 1.807) is 18.3 Å². The minimum absolute atomic E-state index is 0.358. The number of aromatic nitrogens is 1. The molecule has 0 saturated heterocycles. The first-order valence-corrected chi connectivity index (χ1v) is 6.20. The zero-order chi connectivity index (χ0) is 9.68. The molecule has 1 atom stereocenters. The first-order chi connectivity index (χ1) is 6.24. The lowest BCUT2D eigenvalue weighted by Crippen LogP contribution is -2.10. The SMILES string of the molecule is OC(CBr)CSc1ncccc1Cl. The molecule has 1 aromatic heterocycles. The Morgan fingerprint density at radius 1 is 1.69 bits per heavy atom. The van der Waals surface area contributed by atoms with E-state index in [0.717, 1.165) is 5.03 Å². The molecule has 0 saturated carbocycles. The predicted octanol–water partition coefficient (Wildman–Crippen LogP) is 2.58. The first-order valence-electron chi connectivity index (χ1n) is 3.71. The van der Waals surface area contributed by atoms with Gasteiger partial charge in [0.2, 0.25) is 0 Å². The van der Waals surface area contributed by atoms with Crippen molar-refractivity contribution in [3.05, 3.63) is 23.4 Å². The Morgan fingerprint density at radius 2 is 2.46 bits per heavy atom. The van der Waals surface area contributed by atoms with Crippen LogP contribution >= 0.6 is 39.3 Å². The third-order valence-electron chi connectivity index (χ3n) is 1.32. The van der Waals surface area contributed by atoms with E-state index in [0.29, 0.717) is 16.1 Å². The molecule has 0 amide bonds. The summed E-state index contributed by atoms with van der Waals surface area (Å²) in [7, 11) is 0. The zero-order valence-corrected chi connectivity index (χ0v) is 9.94. The van der Waals surface area contributed by atoms with Crippen molar-refractivity contribution in [2.75, 3.05) is 11.1 Å². The molecular formula is C8H9BrClNOS. The highest BCUT2D eigenvalue weighted by Crippen LogP contribution is 2.24. The lowest BCUT2D eigenvalue weighted by Gasteiger charge is -2.06. The molecular weight excluding hydrogens is 274 g/mol. The van der Waals surface area contributed by atoms with Gasteiger partial charge in [-0.2, -0.15) is 0 Å². The highest BCUT2D eigenvalue weighted by molar-refractivity contribution is 9.09. The number of hydrogen-bond donors (Lipinski definition) is 1. The first kappa shape index (κ1) is 11.3. The molecule has 1 unspecified atom stereocenters. The van der Waals surface area contributed by atoms with Gasteiger partial charge < -0.3 is 5.11 Å². The number of nitrogens with zero attached hydrogens (tertiary/aromatic N) is 1. The quantitative estimate of drug-likeness (QED) is 0.681. The molecule has 5 heteroatoms. The molecule has 2 nitrogen and oxygen atoms in total. The van der Waals surface area contributed by atoms with E-state index in [2.05, 4.69) is 20.9 Å². The molecule has 0 aliphatic rings. The van der Waals surface area contributed by atoms with E-state index >= 15 is 0 Å². The Labute approximate surface area is 94.8 Å². The maximum absolute atomic E-state index is 9.27. The highest BCUT2D eigenvalue weighted by atomic mass is 79.9. The molecule has 0 bridgehead atoms. The molecule has 1 heterocycles. The van der Waals surface area contributed by atoms with Crippen LogP contribution in [-0.2, 0) is 0 Å². The van der Waals surface area contributed by atoms with Crippen LogP contribution in [-0.4, -0.2) is 27.3 Å². The van der Waals surface area contributed by atoms with E-state index in [1.165, 1.54) is 11.8 Å². The van der Waals surface area contributed by atoms with Crippen molar-refractivity contribution >= 4 is 39.3 Å². The summed E-state index contributed by atoms with van der Waals surface area (Å²) in [5, 5.41) is 11.2. The fourth-order valence-electron chi connectivity index (χ4n) is 0.697. The van der Waals surface area contributed by atoms with Crippen LogP contribution in [0.2, 0.25) is 5.02 Å². The number of pyridine rings is 1. The Bertz CT molecular complexity index is 274. The maximum atomic E-state index is 9.27. The summed E-state index contributed by atoms with van der Waals surface area (Å²) in [5.74, 6) is 0.599. The van der Waals surface area contributed by atoms with Crippen LogP contribution in [0.4, 0.5) is 0 Å². The lowest BCUT2D eigenvalue weighted by atomic mass is 10.5. The Hall–Kier alpha value is 0.230. The number of rotatable bonds is 4. The molecule has 72 valence electrons. The number of aliphatic hydroxyl groups is 1. The standard InChI is InChI=1S/C8H9BrClNOS/c9-4-6(12)5-13-8-7(10)2-1-3-11-8/h1-3,6,12H,4-5H2. The molecule has 1 rings (SSSR count). The van der Waals surface area contributed by atoms with E-state index in [-0.39, 0.29) is 6.10 Å². The largest absolute Gasteiger partial charge is 0.391 e. The third-order valence-corrected chi connectivity index (χ3v) is 3.63. The summed E-state index contributed by atoms with van der Waals surface area (Å²) < 4.78 is 0. The summed E-state index contributed by atoms with van der Waals surface area (Å²) in [5.41, 5.74) is 0. The van der Waals surface area contributed by atoms with Crippen molar-refractivity contribution in [1.82, 2.24) is 4.98 Å². The van der Waals surface area contributed by atoms with Crippen LogP contribution < -0.4 is 0 Å². The van der Waals surface area contributed by atoms with Gasteiger partial charge in [-0.1, -0.05) is 27.5 Å². The molecule has 1 N–H and O–H groups in total. The van der Waals surface area contributed by atoms with E-state index in [4.69, 9.17) is 11.6 Å². The summed E-state index contributed by atoms with van der Waals surface area (Å²) in [6.45, 7) is 0. The number of thioether (sulfide) groups is 1. The monoisotopic (exact) mass is 281 g/mol. The fraction of sp³-hybridized carbons (Fsp3) is 0.375. The van der Waals surface area contributed by atoms with Crippen molar-refractivity contribution in [3.8, 4) is 0 Å². The van der Waals surface area contributed by atoms with Crippen molar-refractivity contribution in [3.63, 3.8) is 0 Å². The number of halogens is 2. The highest BCUT2D eigenvalue weighted by Gasteiger charge is 2.05. The molecule has 0 aliphatic carbocycles. The minimum Gasteiger partial charge on any atom is -0.391 e. The van der Waals surface area contributed by atoms with E-state index in [9.17, 15) is 5.11 Å². The van der Waals surface area contributed by atoms with Gasteiger partial charge in [0, 0.05) is 17.3 Å². The van der Waals surface area contributed by atoms with Crippen LogP contribution in [0.3, 0.4) is 0 Å². The van der Waals surface area contributed by atoms with Crippen LogP contribution in [0.5, 0.6) is 0 Å². The minimum atomic E-state index is -0.358. The van der Waals surface area contributed by atoms with Crippen molar-refractivity contribution in [2.24, 2.45) is 0 Å². The number of alkyl halides is 1. The predicted molar refractivity (Wildman–Crippen MR) is 59.8 cm³/mol. The lowest BCUT2D eigenvalue weighted by molar-refractivity contribution is 0.226. The number of aliphatic hydroxyl groups excluding tert-OH is 1. The average Bonchev–Trinajstić information content (AvgIpc) is 2.16. The van der Waals surface area contributed by atoms with Gasteiger partial charge in [-0.25, -0.2) is 4.98 Å². The van der Waals surface area contributed by atoms with Gasteiger partial charge >= 0.3 is 0 Å². The summed E-state index contributed by atoms with van der Waals surface area (Å²) in [4.78, 5) is 4.09. The van der Waals surface area contributed by atoms with Crippen LogP contribution in [0.25, 0.3) is 0 Å². The molecule has 0 fully saturated rings. The van der Waals surface area contributed by atoms with Gasteiger partial charge in [-0.05, 0) is 12.1 Å². The van der Waals surface area contributed by atoms with Gasteiger partial charge in [0.1, 0.15) is 5.03 Å². The van der Waals surface area contributed by atoms with Gasteiger partial charge in [0.05, 0.1) is 11.1 Å². The summed E-state index contributed by atoms with van der Waals surface area (Å²) in [6, 6.07) is 3.57. The van der Waals surface area contributed by atoms with Gasteiger partial charge in [-0.15, -0.1) is 11.8 Å². The average molecular weight is 283 g/mol. The third kappa shape index (κ3) is 3.85. The van der Waals surface area contributed by atoms with Crippen molar-refractivity contribution < 1.29 is 5.11 Å². The zero-order valence-electron chi connectivity index (χ0n) is 6.78. The molecule has 0 aliphatic heterocycles. The Balaban J connectivity index is 2.50. The molecule has 0 aromatic carbocycles. The van der Waals surface area contributed by atoms with Crippen LogP contribution in [0.15, 0.2) is 23.4 Å². The van der Waals surface area contributed by atoms with Gasteiger partial charge in [0.15, 0.2) is 0 Å². The topological polar surface area (TPSA) is 33.1 Å². The van der Waals surface area contributed by atoms with Crippen LogP contribution in [0.1, 0.15) is 0 Å². The second kappa shape index (κ2) is 5.86. The van der Waals surface area contributed by atoms with Gasteiger partial charge in [0.25, 0.3) is 0 Å².